The van der Waals surface area contributed by atoms with Crippen LogP contribution in [0.25, 0.3) is 21.2 Å². The number of para-hydroxylation sites is 2. The topological polar surface area (TPSA) is 64.6 Å². The predicted octanol–water partition coefficient (Wildman–Crippen LogP) is 3.88. The van der Waals surface area contributed by atoms with Crippen molar-refractivity contribution in [3.8, 4) is 0 Å². The van der Waals surface area contributed by atoms with Crippen molar-refractivity contribution in [2.45, 2.75) is 6.54 Å². The van der Waals surface area contributed by atoms with Crippen molar-refractivity contribution in [3.63, 3.8) is 0 Å². The van der Waals surface area contributed by atoms with Crippen LogP contribution in [-0.2, 0) is 6.54 Å². The number of hydrogen-bond donors (Lipinski definition) is 0. The van der Waals surface area contributed by atoms with E-state index < -0.39 is 17.2 Å². The number of hydrogen-bond acceptors (Lipinski definition) is 4. The van der Waals surface area contributed by atoms with E-state index >= 15 is 0 Å². The van der Waals surface area contributed by atoms with E-state index in [1.807, 2.05) is 0 Å². The Labute approximate surface area is 156 Å². The number of allylic oxidation sites excluding steroid dienone is 1. The molecule has 0 bridgehead atoms. The minimum Gasteiger partial charge on any atom is -0.463 e. The van der Waals surface area contributed by atoms with Crippen LogP contribution in [0.3, 0.4) is 0 Å². The van der Waals surface area contributed by atoms with Gasteiger partial charge in [-0.2, -0.15) is 4.99 Å². The molecule has 1 amide bonds. The largest absolute Gasteiger partial charge is 0.463 e. The van der Waals surface area contributed by atoms with Gasteiger partial charge in [0.2, 0.25) is 5.43 Å². The zero-order valence-electron chi connectivity index (χ0n) is 14.0. The second-order valence-corrected chi connectivity index (χ2v) is 6.77. The highest BCUT2D eigenvalue weighted by atomic mass is 32.1. The van der Waals surface area contributed by atoms with Crippen LogP contribution in [0.4, 0.5) is 4.39 Å². The Morgan fingerprint density at radius 2 is 2.07 bits per heavy atom. The van der Waals surface area contributed by atoms with E-state index in [1.54, 1.807) is 47.0 Å². The molecule has 2 heterocycles. The van der Waals surface area contributed by atoms with Gasteiger partial charge in [0.05, 0.1) is 15.6 Å². The summed E-state index contributed by atoms with van der Waals surface area (Å²) in [6, 6.07) is 11.4. The lowest BCUT2D eigenvalue weighted by atomic mass is 10.2. The molecule has 0 saturated carbocycles. The fourth-order valence-electron chi connectivity index (χ4n) is 2.84. The van der Waals surface area contributed by atoms with Crippen molar-refractivity contribution in [1.29, 1.82) is 0 Å². The Kier molecular flexibility index (Phi) is 4.29. The third-order valence-corrected chi connectivity index (χ3v) is 5.11. The molecule has 5 nitrogen and oxygen atoms in total. The number of amides is 1. The number of carbonyl (C=O) groups excluding carboxylic acids is 1. The van der Waals surface area contributed by atoms with Crippen molar-refractivity contribution in [2.75, 3.05) is 0 Å². The first-order valence-electron chi connectivity index (χ1n) is 8.08. The molecule has 27 heavy (non-hydrogen) atoms. The quantitative estimate of drug-likeness (QED) is 0.507. The fraction of sp³-hybridized carbons (Fsp3) is 0.0500. The van der Waals surface area contributed by atoms with Gasteiger partial charge in [-0.3, -0.25) is 9.59 Å². The summed E-state index contributed by atoms with van der Waals surface area (Å²) in [5.41, 5.74) is 0.120. The zero-order chi connectivity index (χ0) is 19.0. The van der Waals surface area contributed by atoms with E-state index in [0.717, 1.165) is 6.26 Å². The van der Waals surface area contributed by atoms with Gasteiger partial charge in [0.25, 0.3) is 5.91 Å². The Morgan fingerprint density at radius 1 is 1.26 bits per heavy atom. The van der Waals surface area contributed by atoms with Gasteiger partial charge in [0, 0.05) is 6.54 Å². The Morgan fingerprint density at radius 3 is 2.89 bits per heavy atom. The summed E-state index contributed by atoms with van der Waals surface area (Å²) in [4.78, 5) is 29.6. The molecule has 2 aromatic heterocycles. The summed E-state index contributed by atoms with van der Waals surface area (Å²) in [6.07, 6.45) is 2.70. The smallest absolute Gasteiger partial charge is 0.286 e. The van der Waals surface area contributed by atoms with Crippen molar-refractivity contribution < 1.29 is 13.6 Å². The predicted molar refractivity (Wildman–Crippen MR) is 102 cm³/mol. The summed E-state index contributed by atoms with van der Waals surface area (Å²) in [7, 11) is 0. The standard InChI is InChI=1S/C20H13FN2O3S/c1-2-10-23-17-14(21)7-5-9-16(17)27-20(23)22-19(25)13-11-26-15-8-4-3-6-12(15)18(13)24/h2-9,11H,1,10H2. The van der Waals surface area contributed by atoms with Crippen LogP contribution in [0.5, 0.6) is 0 Å². The number of fused-ring (bicyclic) bond motifs is 2. The Hall–Kier alpha value is -3.32. The first-order valence-corrected chi connectivity index (χ1v) is 8.90. The third-order valence-electron chi connectivity index (χ3n) is 4.07. The molecule has 0 fully saturated rings. The minimum atomic E-state index is -0.737. The van der Waals surface area contributed by atoms with Crippen LogP contribution in [0, 0.1) is 5.82 Å². The molecule has 4 aromatic rings. The van der Waals surface area contributed by atoms with Gasteiger partial charge >= 0.3 is 0 Å². The summed E-state index contributed by atoms with van der Waals surface area (Å²) in [5.74, 6) is -1.15. The number of benzene rings is 2. The molecule has 0 N–H and O–H groups in total. The van der Waals surface area contributed by atoms with Crippen LogP contribution >= 0.6 is 11.3 Å². The van der Waals surface area contributed by atoms with Crippen LogP contribution in [0.15, 0.2) is 75.6 Å². The molecular formula is C20H13FN2O3S. The molecule has 134 valence electrons. The first-order chi connectivity index (χ1) is 13.1. The highest BCUT2D eigenvalue weighted by molar-refractivity contribution is 7.16. The zero-order valence-corrected chi connectivity index (χ0v) is 14.8. The van der Waals surface area contributed by atoms with Crippen molar-refractivity contribution in [3.05, 3.63) is 87.8 Å². The summed E-state index contributed by atoms with van der Waals surface area (Å²) in [5, 5.41) is 0.305. The number of carbonyl (C=O) groups is 1. The second-order valence-electron chi connectivity index (χ2n) is 5.76. The fourth-order valence-corrected chi connectivity index (χ4v) is 3.90. The van der Waals surface area contributed by atoms with E-state index in [2.05, 4.69) is 11.6 Å². The average molecular weight is 380 g/mol. The molecule has 0 atom stereocenters. The lowest BCUT2D eigenvalue weighted by Crippen LogP contribution is -2.20. The average Bonchev–Trinajstić information content (AvgIpc) is 3.01. The molecule has 0 spiro atoms. The SMILES string of the molecule is C=CCn1c(=NC(=O)c2coc3ccccc3c2=O)sc2cccc(F)c21. The number of halogens is 1. The monoisotopic (exact) mass is 380 g/mol. The molecule has 4 rings (SSSR count). The number of thiazole rings is 1. The van der Waals surface area contributed by atoms with E-state index in [9.17, 15) is 14.0 Å². The molecule has 0 radical (unpaired) electrons. The molecule has 2 aromatic carbocycles. The van der Waals surface area contributed by atoms with Gasteiger partial charge < -0.3 is 8.98 Å². The highest BCUT2D eigenvalue weighted by Crippen LogP contribution is 2.20. The van der Waals surface area contributed by atoms with Crippen molar-refractivity contribution in [2.24, 2.45) is 4.99 Å². The van der Waals surface area contributed by atoms with Crippen molar-refractivity contribution >= 4 is 38.4 Å². The number of rotatable bonds is 3. The molecule has 0 saturated heterocycles. The molecule has 0 aliphatic rings. The van der Waals surface area contributed by atoms with Crippen LogP contribution < -0.4 is 10.2 Å². The Balaban J connectivity index is 1.92. The third kappa shape index (κ3) is 2.92. The lowest BCUT2D eigenvalue weighted by molar-refractivity contribution is 0.0995. The van der Waals surface area contributed by atoms with Crippen molar-refractivity contribution in [1.82, 2.24) is 4.57 Å². The van der Waals surface area contributed by atoms with Gasteiger partial charge in [-0.1, -0.05) is 35.6 Å². The van der Waals surface area contributed by atoms with Gasteiger partial charge in [0.1, 0.15) is 23.2 Å². The molecule has 0 aliphatic carbocycles. The Bertz CT molecular complexity index is 1330. The van der Waals surface area contributed by atoms with Gasteiger partial charge in [0.15, 0.2) is 4.80 Å². The van der Waals surface area contributed by atoms with Gasteiger partial charge in [-0.05, 0) is 24.3 Å². The maximum Gasteiger partial charge on any atom is 0.286 e. The summed E-state index contributed by atoms with van der Waals surface area (Å²) in [6.45, 7) is 3.95. The molecule has 0 unspecified atom stereocenters. The second kappa shape index (κ2) is 6.77. The maximum absolute atomic E-state index is 14.2. The minimum absolute atomic E-state index is 0.170. The van der Waals surface area contributed by atoms with E-state index in [1.165, 1.54) is 17.4 Å². The van der Waals surface area contributed by atoms with Crippen LogP contribution in [-0.4, -0.2) is 10.5 Å². The van der Waals surface area contributed by atoms with Gasteiger partial charge in [-0.15, -0.1) is 6.58 Å². The summed E-state index contributed by atoms with van der Waals surface area (Å²) >= 11 is 1.17. The maximum atomic E-state index is 14.2. The summed E-state index contributed by atoms with van der Waals surface area (Å²) < 4.78 is 21.8. The van der Waals surface area contributed by atoms with E-state index in [-0.39, 0.29) is 16.9 Å². The normalized spacial score (nSPS) is 12.0. The van der Waals surface area contributed by atoms with E-state index in [4.69, 9.17) is 4.42 Å². The van der Waals surface area contributed by atoms with E-state index in [0.29, 0.717) is 21.2 Å². The van der Waals surface area contributed by atoms with Crippen LogP contribution in [0.2, 0.25) is 0 Å². The molecular weight excluding hydrogens is 367 g/mol. The highest BCUT2D eigenvalue weighted by Gasteiger charge is 2.16. The molecule has 7 heteroatoms. The number of nitrogens with zero attached hydrogens (tertiary/aromatic N) is 2. The molecule has 0 aliphatic heterocycles. The lowest BCUT2D eigenvalue weighted by Gasteiger charge is -2.02. The van der Waals surface area contributed by atoms with Gasteiger partial charge in [-0.25, -0.2) is 4.39 Å². The first kappa shape index (κ1) is 17.1. The number of aromatic nitrogens is 1. The van der Waals surface area contributed by atoms with Crippen LogP contribution in [0.1, 0.15) is 10.4 Å².